The molecule has 0 fully saturated rings. The Morgan fingerprint density at radius 1 is 1.38 bits per heavy atom. The predicted molar refractivity (Wildman–Crippen MR) is 93.1 cm³/mol. The third-order valence-corrected chi connectivity index (χ3v) is 5.63. The van der Waals surface area contributed by atoms with Crippen molar-refractivity contribution in [2.24, 2.45) is 0 Å². The molecule has 158 valence electrons. The molecule has 14 heteroatoms. The fraction of sp³-hybridized carbons (Fsp3) is 0.333. The third kappa shape index (κ3) is 4.64. The standard InChI is InChI=1S/C15H15F3N4O6S/c1-3-29(27,28)9-4-5-11(23)10(6-9)19-12(24)7-21-8(2)13(22(25)26)14(20-21)15(16,17)18/h4-6,23H,3,7H2,1-2H3,(H,19,24). The van der Waals surface area contributed by atoms with E-state index in [0.717, 1.165) is 25.1 Å². The van der Waals surface area contributed by atoms with Gasteiger partial charge in [-0.05, 0) is 25.1 Å². The first-order valence-corrected chi connectivity index (χ1v) is 9.57. The first-order chi connectivity index (χ1) is 13.3. The molecule has 0 unspecified atom stereocenters. The van der Waals surface area contributed by atoms with Crippen molar-refractivity contribution in [1.29, 1.82) is 0 Å². The van der Waals surface area contributed by atoms with E-state index >= 15 is 0 Å². The molecule has 10 nitrogen and oxygen atoms in total. The van der Waals surface area contributed by atoms with Gasteiger partial charge in [-0.3, -0.25) is 19.6 Å². The van der Waals surface area contributed by atoms with E-state index in [2.05, 4.69) is 10.4 Å². The average molecular weight is 436 g/mol. The van der Waals surface area contributed by atoms with Crippen molar-refractivity contribution in [3.8, 4) is 5.75 Å². The van der Waals surface area contributed by atoms with Gasteiger partial charge in [-0.2, -0.15) is 18.3 Å². The topological polar surface area (TPSA) is 144 Å². The molecule has 0 aliphatic rings. The number of nitro groups is 1. The number of halogens is 3. The zero-order valence-corrected chi connectivity index (χ0v) is 15.8. The molecule has 0 bridgehead atoms. The van der Waals surface area contributed by atoms with Gasteiger partial charge in [-0.1, -0.05) is 6.92 Å². The van der Waals surface area contributed by atoms with Crippen LogP contribution in [0.15, 0.2) is 23.1 Å². The Kier molecular flexibility index (Phi) is 5.87. The molecular formula is C15H15F3N4O6S. The second-order valence-electron chi connectivity index (χ2n) is 5.83. The zero-order valence-electron chi connectivity index (χ0n) is 15.0. The lowest BCUT2D eigenvalue weighted by Crippen LogP contribution is -2.21. The van der Waals surface area contributed by atoms with E-state index in [-0.39, 0.29) is 16.3 Å². The summed E-state index contributed by atoms with van der Waals surface area (Å²) < 4.78 is 63.2. The van der Waals surface area contributed by atoms with Gasteiger partial charge in [0.25, 0.3) is 0 Å². The maximum atomic E-state index is 13.0. The Morgan fingerprint density at radius 2 is 2.00 bits per heavy atom. The van der Waals surface area contributed by atoms with Crippen LogP contribution in [0.3, 0.4) is 0 Å². The van der Waals surface area contributed by atoms with Crippen molar-refractivity contribution in [2.45, 2.75) is 31.5 Å². The highest BCUT2D eigenvalue weighted by Crippen LogP contribution is 2.37. The van der Waals surface area contributed by atoms with E-state index in [1.807, 2.05) is 0 Å². The fourth-order valence-corrected chi connectivity index (χ4v) is 3.31. The predicted octanol–water partition coefficient (Wildman–Crippen LogP) is 2.26. The maximum absolute atomic E-state index is 13.0. The highest BCUT2D eigenvalue weighted by atomic mass is 32.2. The van der Waals surface area contributed by atoms with Gasteiger partial charge in [0.05, 0.1) is 21.3 Å². The summed E-state index contributed by atoms with van der Waals surface area (Å²) in [6.07, 6.45) is -5.10. The Morgan fingerprint density at radius 3 is 2.48 bits per heavy atom. The lowest BCUT2D eigenvalue weighted by molar-refractivity contribution is -0.388. The smallest absolute Gasteiger partial charge is 0.442 e. The van der Waals surface area contributed by atoms with E-state index in [4.69, 9.17) is 0 Å². The molecular weight excluding hydrogens is 421 g/mol. The summed E-state index contributed by atoms with van der Waals surface area (Å²) in [5.74, 6) is -1.70. The van der Waals surface area contributed by atoms with Gasteiger partial charge in [0.1, 0.15) is 18.0 Å². The normalized spacial score (nSPS) is 12.0. The van der Waals surface area contributed by atoms with Crippen molar-refractivity contribution < 1.29 is 36.4 Å². The number of hydrogen-bond donors (Lipinski definition) is 2. The summed E-state index contributed by atoms with van der Waals surface area (Å²) in [5, 5.41) is 26.0. The largest absolute Gasteiger partial charge is 0.506 e. The minimum absolute atomic E-state index is 0.182. The number of amides is 1. The summed E-state index contributed by atoms with van der Waals surface area (Å²) >= 11 is 0. The van der Waals surface area contributed by atoms with E-state index in [9.17, 15) is 41.6 Å². The number of aromatic hydroxyl groups is 1. The monoisotopic (exact) mass is 436 g/mol. The summed E-state index contributed by atoms with van der Waals surface area (Å²) in [5.41, 5.74) is -3.81. The van der Waals surface area contributed by atoms with Crippen molar-refractivity contribution in [3.05, 3.63) is 39.7 Å². The number of phenolic OH excluding ortho intramolecular Hbond substituents is 1. The molecule has 2 rings (SSSR count). The van der Waals surface area contributed by atoms with Crippen molar-refractivity contribution >= 4 is 27.1 Å². The number of carbonyl (C=O) groups excluding carboxylic acids is 1. The molecule has 0 radical (unpaired) electrons. The van der Waals surface area contributed by atoms with Crippen LogP contribution in [0, 0.1) is 17.0 Å². The van der Waals surface area contributed by atoms with Crippen molar-refractivity contribution in [1.82, 2.24) is 9.78 Å². The number of anilines is 1. The minimum Gasteiger partial charge on any atom is -0.506 e. The summed E-state index contributed by atoms with van der Waals surface area (Å²) in [7, 11) is -3.65. The second-order valence-corrected chi connectivity index (χ2v) is 8.10. The molecule has 2 N–H and O–H groups in total. The van der Waals surface area contributed by atoms with Crippen LogP contribution in [0.25, 0.3) is 0 Å². The molecule has 0 atom stereocenters. The average Bonchev–Trinajstić information content (AvgIpc) is 2.93. The van der Waals surface area contributed by atoms with Gasteiger partial charge in [-0.25, -0.2) is 8.42 Å². The Labute approximate surface area is 162 Å². The lowest BCUT2D eigenvalue weighted by atomic mass is 10.3. The molecule has 0 saturated carbocycles. The van der Waals surface area contributed by atoms with E-state index in [1.54, 1.807) is 0 Å². The number of aromatic nitrogens is 2. The minimum atomic E-state index is -5.10. The highest BCUT2D eigenvalue weighted by molar-refractivity contribution is 7.91. The fourth-order valence-electron chi connectivity index (χ4n) is 2.40. The molecule has 0 saturated heterocycles. The first kappa shape index (κ1) is 22.1. The number of phenols is 1. The number of rotatable bonds is 6. The molecule has 1 amide bonds. The van der Waals surface area contributed by atoms with Crippen LogP contribution < -0.4 is 5.32 Å². The Bertz CT molecular complexity index is 1080. The first-order valence-electron chi connectivity index (χ1n) is 7.92. The summed E-state index contributed by atoms with van der Waals surface area (Å²) in [6, 6.07) is 3.15. The summed E-state index contributed by atoms with van der Waals surface area (Å²) in [4.78, 5) is 21.7. The highest BCUT2D eigenvalue weighted by Gasteiger charge is 2.44. The van der Waals surface area contributed by atoms with E-state index < -0.39 is 56.2 Å². The van der Waals surface area contributed by atoms with Crippen LogP contribution in [0.5, 0.6) is 5.75 Å². The van der Waals surface area contributed by atoms with Crippen LogP contribution in [-0.4, -0.2) is 39.9 Å². The maximum Gasteiger partial charge on any atom is 0.442 e. The molecule has 1 heterocycles. The zero-order chi connectivity index (χ0) is 22.1. The molecule has 0 aliphatic heterocycles. The molecule has 1 aromatic heterocycles. The van der Waals surface area contributed by atoms with Crippen LogP contribution in [0.4, 0.5) is 24.5 Å². The molecule has 1 aromatic carbocycles. The van der Waals surface area contributed by atoms with E-state index in [0.29, 0.717) is 4.68 Å². The lowest BCUT2D eigenvalue weighted by Gasteiger charge is -2.10. The van der Waals surface area contributed by atoms with E-state index in [1.165, 1.54) is 6.92 Å². The number of sulfone groups is 1. The molecule has 0 aliphatic carbocycles. The van der Waals surface area contributed by atoms with Gasteiger partial charge in [0, 0.05) is 0 Å². The van der Waals surface area contributed by atoms with Crippen molar-refractivity contribution in [3.63, 3.8) is 0 Å². The van der Waals surface area contributed by atoms with Gasteiger partial charge < -0.3 is 10.4 Å². The number of nitrogens with zero attached hydrogens (tertiary/aromatic N) is 3. The third-order valence-electron chi connectivity index (χ3n) is 3.90. The van der Waals surface area contributed by atoms with Gasteiger partial charge in [0.2, 0.25) is 11.6 Å². The van der Waals surface area contributed by atoms with Crippen molar-refractivity contribution in [2.75, 3.05) is 11.1 Å². The van der Waals surface area contributed by atoms with Crippen LogP contribution in [0.2, 0.25) is 0 Å². The number of hydrogen-bond acceptors (Lipinski definition) is 7. The second kappa shape index (κ2) is 7.69. The summed E-state index contributed by atoms with van der Waals surface area (Å²) in [6.45, 7) is 1.55. The Hall–Kier alpha value is -3.16. The molecule has 2 aromatic rings. The number of alkyl halides is 3. The van der Waals surface area contributed by atoms with Gasteiger partial charge in [-0.15, -0.1) is 0 Å². The number of benzene rings is 1. The van der Waals surface area contributed by atoms with Crippen LogP contribution in [0.1, 0.15) is 18.3 Å². The molecule has 0 spiro atoms. The van der Waals surface area contributed by atoms with Crippen LogP contribution >= 0.6 is 0 Å². The number of carbonyl (C=O) groups is 1. The van der Waals surface area contributed by atoms with Gasteiger partial charge >= 0.3 is 11.9 Å². The van der Waals surface area contributed by atoms with Crippen LogP contribution in [-0.2, 0) is 27.4 Å². The quantitative estimate of drug-likeness (QED) is 0.401. The number of nitrogens with one attached hydrogen (secondary N) is 1. The SMILES string of the molecule is CCS(=O)(=O)c1ccc(O)c(NC(=O)Cn2nc(C(F)(F)F)c([N+](=O)[O-])c2C)c1. The van der Waals surface area contributed by atoms with Gasteiger partial charge in [0.15, 0.2) is 9.84 Å². The Balaban J connectivity index is 2.33. The molecule has 29 heavy (non-hydrogen) atoms.